The summed E-state index contributed by atoms with van der Waals surface area (Å²) in [6.07, 6.45) is 2.64. The van der Waals surface area contributed by atoms with Crippen LogP contribution >= 0.6 is 15.9 Å². The highest BCUT2D eigenvalue weighted by Gasteiger charge is 2.03. The molecule has 0 saturated carbocycles. The average Bonchev–Trinajstić information content (AvgIpc) is 2.37. The van der Waals surface area contributed by atoms with Gasteiger partial charge in [0.1, 0.15) is 5.75 Å². The summed E-state index contributed by atoms with van der Waals surface area (Å²) >= 11 is 3.43. The van der Waals surface area contributed by atoms with Gasteiger partial charge in [0, 0.05) is 16.7 Å². The van der Waals surface area contributed by atoms with E-state index in [4.69, 9.17) is 10.5 Å². The SMILES string of the molecule is Cc1ccc(Br)cc1Oc1ccc(CCN)cn1. The standard InChI is InChI=1S/C14H15BrN2O/c1-10-2-4-12(15)8-13(10)18-14-5-3-11(6-7-16)9-17-14/h2-5,8-9H,6-7,16H2,1H3. The number of ether oxygens (including phenoxy) is 1. The summed E-state index contributed by atoms with van der Waals surface area (Å²) in [4.78, 5) is 4.27. The summed E-state index contributed by atoms with van der Waals surface area (Å²) in [6, 6.07) is 9.78. The van der Waals surface area contributed by atoms with Gasteiger partial charge in [0.15, 0.2) is 0 Å². The highest BCUT2D eigenvalue weighted by Crippen LogP contribution is 2.27. The van der Waals surface area contributed by atoms with Gasteiger partial charge in [-0.25, -0.2) is 4.98 Å². The first-order chi connectivity index (χ1) is 8.69. The van der Waals surface area contributed by atoms with Crippen molar-refractivity contribution in [2.75, 3.05) is 6.54 Å². The number of aromatic nitrogens is 1. The van der Waals surface area contributed by atoms with Crippen molar-refractivity contribution < 1.29 is 4.74 Å². The highest BCUT2D eigenvalue weighted by atomic mass is 79.9. The van der Waals surface area contributed by atoms with Crippen molar-refractivity contribution in [2.45, 2.75) is 13.3 Å². The van der Waals surface area contributed by atoms with E-state index in [1.54, 1.807) is 6.20 Å². The normalized spacial score (nSPS) is 10.4. The predicted molar refractivity (Wildman–Crippen MR) is 75.9 cm³/mol. The summed E-state index contributed by atoms with van der Waals surface area (Å²) in [5.41, 5.74) is 7.69. The molecule has 4 heteroatoms. The topological polar surface area (TPSA) is 48.1 Å². The van der Waals surface area contributed by atoms with E-state index in [1.165, 1.54) is 0 Å². The number of halogens is 1. The Labute approximate surface area is 115 Å². The summed E-state index contributed by atoms with van der Waals surface area (Å²) in [6.45, 7) is 2.64. The molecule has 0 bridgehead atoms. The molecular weight excluding hydrogens is 292 g/mol. The number of rotatable bonds is 4. The minimum Gasteiger partial charge on any atom is -0.439 e. The van der Waals surface area contributed by atoms with Crippen LogP contribution in [0, 0.1) is 6.92 Å². The Hall–Kier alpha value is -1.39. The summed E-state index contributed by atoms with van der Waals surface area (Å²) < 4.78 is 6.74. The molecule has 0 aliphatic carbocycles. The van der Waals surface area contributed by atoms with Crippen molar-refractivity contribution in [3.05, 3.63) is 52.1 Å². The van der Waals surface area contributed by atoms with E-state index in [2.05, 4.69) is 20.9 Å². The van der Waals surface area contributed by atoms with E-state index in [0.717, 1.165) is 27.8 Å². The molecule has 0 radical (unpaired) electrons. The van der Waals surface area contributed by atoms with Crippen molar-refractivity contribution in [2.24, 2.45) is 5.73 Å². The first-order valence-electron chi connectivity index (χ1n) is 5.78. The average molecular weight is 307 g/mol. The third kappa shape index (κ3) is 3.31. The van der Waals surface area contributed by atoms with Gasteiger partial charge in [0.25, 0.3) is 0 Å². The molecule has 2 rings (SSSR count). The maximum atomic E-state index is 5.75. The lowest BCUT2D eigenvalue weighted by atomic mass is 10.2. The van der Waals surface area contributed by atoms with Crippen molar-refractivity contribution in [3.8, 4) is 11.6 Å². The second-order valence-electron chi connectivity index (χ2n) is 4.06. The van der Waals surface area contributed by atoms with Gasteiger partial charge in [-0.2, -0.15) is 0 Å². The largest absolute Gasteiger partial charge is 0.439 e. The van der Waals surface area contributed by atoms with Crippen LogP contribution in [0.25, 0.3) is 0 Å². The maximum absolute atomic E-state index is 5.75. The molecule has 18 heavy (non-hydrogen) atoms. The van der Waals surface area contributed by atoms with Gasteiger partial charge in [0.2, 0.25) is 5.88 Å². The number of nitrogens with zero attached hydrogens (tertiary/aromatic N) is 1. The molecule has 1 aromatic heterocycles. The van der Waals surface area contributed by atoms with Gasteiger partial charge in [-0.15, -0.1) is 0 Å². The highest BCUT2D eigenvalue weighted by molar-refractivity contribution is 9.10. The Balaban J connectivity index is 2.15. The second kappa shape index (κ2) is 5.98. The van der Waals surface area contributed by atoms with Crippen LogP contribution in [0.5, 0.6) is 11.6 Å². The number of pyridine rings is 1. The van der Waals surface area contributed by atoms with Gasteiger partial charge in [-0.1, -0.05) is 28.1 Å². The fourth-order valence-electron chi connectivity index (χ4n) is 1.58. The molecule has 0 saturated heterocycles. The minimum absolute atomic E-state index is 0.594. The van der Waals surface area contributed by atoms with Crippen LogP contribution in [0.1, 0.15) is 11.1 Å². The zero-order valence-corrected chi connectivity index (χ0v) is 11.8. The summed E-state index contributed by atoms with van der Waals surface area (Å²) in [5.74, 6) is 1.40. The van der Waals surface area contributed by atoms with Gasteiger partial charge in [0.05, 0.1) is 0 Å². The van der Waals surface area contributed by atoms with Crippen LogP contribution in [0.4, 0.5) is 0 Å². The number of hydrogen-bond acceptors (Lipinski definition) is 3. The molecule has 0 unspecified atom stereocenters. The van der Waals surface area contributed by atoms with Gasteiger partial charge in [-0.05, 0) is 43.1 Å². The molecule has 3 nitrogen and oxygen atoms in total. The molecule has 0 spiro atoms. The van der Waals surface area contributed by atoms with Gasteiger partial charge >= 0.3 is 0 Å². The zero-order chi connectivity index (χ0) is 13.0. The first-order valence-corrected chi connectivity index (χ1v) is 6.57. The molecule has 0 fully saturated rings. The number of benzene rings is 1. The summed E-state index contributed by atoms with van der Waals surface area (Å²) in [5, 5.41) is 0. The Morgan fingerprint density at radius 3 is 2.78 bits per heavy atom. The summed E-state index contributed by atoms with van der Waals surface area (Å²) in [7, 11) is 0. The van der Waals surface area contributed by atoms with E-state index in [9.17, 15) is 0 Å². The number of nitrogens with two attached hydrogens (primary N) is 1. The molecule has 1 heterocycles. The van der Waals surface area contributed by atoms with Crippen LogP contribution < -0.4 is 10.5 Å². The molecule has 1 aromatic carbocycles. The Bertz CT molecular complexity index is 526. The lowest BCUT2D eigenvalue weighted by molar-refractivity contribution is 0.459. The fourth-order valence-corrected chi connectivity index (χ4v) is 1.92. The van der Waals surface area contributed by atoms with E-state index in [1.807, 2.05) is 37.3 Å². The smallest absolute Gasteiger partial charge is 0.219 e. The Morgan fingerprint density at radius 2 is 2.11 bits per heavy atom. The van der Waals surface area contributed by atoms with E-state index in [-0.39, 0.29) is 0 Å². The Morgan fingerprint density at radius 1 is 1.28 bits per heavy atom. The lowest BCUT2D eigenvalue weighted by Gasteiger charge is -2.08. The molecule has 0 atom stereocenters. The maximum Gasteiger partial charge on any atom is 0.219 e. The number of hydrogen-bond donors (Lipinski definition) is 1. The van der Waals surface area contributed by atoms with Crippen LogP contribution in [0.3, 0.4) is 0 Å². The quantitative estimate of drug-likeness (QED) is 0.941. The van der Waals surface area contributed by atoms with Crippen molar-refractivity contribution in [3.63, 3.8) is 0 Å². The molecule has 0 aliphatic rings. The van der Waals surface area contributed by atoms with E-state index < -0.39 is 0 Å². The van der Waals surface area contributed by atoms with Gasteiger partial charge in [-0.3, -0.25) is 0 Å². The van der Waals surface area contributed by atoms with Crippen LogP contribution in [0.2, 0.25) is 0 Å². The van der Waals surface area contributed by atoms with Crippen molar-refractivity contribution in [1.82, 2.24) is 4.98 Å². The van der Waals surface area contributed by atoms with Crippen LogP contribution in [0.15, 0.2) is 41.0 Å². The fraction of sp³-hybridized carbons (Fsp3) is 0.214. The molecule has 2 N–H and O–H groups in total. The second-order valence-corrected chi connectivity index (χ2v) is 4.97. The van der Waals surface area contributed by atoms with E-state index in [0.29, 0.717) is 12.4 Å². The first kappa shape index (κ1) is 13.1. The Kier molecular flexibility index (Phi) is 4.33. The van der Waals surface area contributed by atoms with E-state index >= 15 is 0 Å². The molecule has 94 valence electrons. The van der Waals surface area contributed by atoms with Crippen LogP contribution in [-0.2, 0) is 6.42 Å². The number of aryl methyl sites for hydroxylation is 1. The third-order valence-electron chi connectivity index (χ3n) is 2.60. The molecule has 2 aromatic rings. The molecule has 0 amide bonds. The molecular formula is C14H15BrN2O. The third-order valence-corrected chi connectivity index (χ3v) is 3.09. The zero-order valence-electron chi connectivity index (χ0n) is 10.2. The van der Waals surface area contributed by atoms with Crippen molar-refractivity contribution >= 4 is 15.9 Å². The minimum atomic E-state index is 0.594. The monoisotopic (exact) mass is 306 g/mol. The van der Waals surface area contributed by atoms with Crippen LogP contribution in [-0.4, -0.2) is 11.5 Å². The molecule has 0 aliphatic heterocycles. The van der Waals surface area contributed by atoms with Crippen molar-refractivity contribution in [1.29, 1.82) is 0 Å². The van der Waals surface area contributed by atoms with Gasteiger partial charge < -0.3 is 10.5 Å². The lowest BCUT2D eigenvalue weighted by Crippen LogP contribution is -2.02. The predicted octanol–water partition coefficient (Wildman–Crippen LogP) is 3.45.